The van der Waals surface area contributed by atoms with Gasteiger partial charge in [0.15, 0.2) is 11.5 Å². The summed E-state index contributed by atoms with van der Waals surface area (Å²) in [5.74, 6) is 1.43. The van der Waals surface area contributed by atoms with Gasteiger partial charge in [-0.05, 0) is 43.5 Å². The third-order valence-corrected chi connectivity index (χ3v) is 5.02. The van der Waals surface area contributed by atoms with E-state index in [4.69, 9.17) is 14.2 Å². The Morgan fingerprint density at radius 1 is 1.06 bits per heavy atom. The van der Waals surface area contributed by atoms with E-state index in [1.165, 1.54) is 6.07 Å². The van der Waals surface area contributed by atoms with Crippen LogP contribution in [0.25, 0.3) is 0 Å². The molecule has 0 aromatic heterocycles. The van der Waals surface area contributed by atoms with E-state index in [1.54, 1.807) is 45.4 Å². The third-order valence-electron chi connectivity index (χ3n) is 5.02. The second-order valence-electron chi connectivity index (χ2n) is 7.20. The van der Waals surface area contributed by atoms with Crippen molar-refractivity contribution >= 4 is 5.91 Å². The highest BCUT2D eigenvalue weighted by molar-refractivity contribution is 5.80. The van der Waals surface area contributed by atoms with Crippen molar-refractivity contribution in [2.24, 2.45) is 0 Å². The molecule has 0 unspecified atom stereocenters. The fourth-order valence-corrected chi connectivity index (χ4v) is 3.38. The van der Waals surface area contributed by atoms with Crippen LogP contribution >= 0.6 is 0 Å². The Kier molecular flexibility index (Phi) is 7.55. The molecule has 0 bridgehead atoms. The number of amides is 1. The minimum absolute atomic E-state index is 0.0205. The van der Waals surface area contributed by atoms with E-state index >= 15 is 0 Å². The molecule has 0 heterocycles. The zero-order chi connectivity index (χ0) is 22.4. The molecule has 1 aliphatic carbocycles. The Morgan fingerprint density at radius 3 is 2.45 bits per heavy atom. The lowest BCUT2D eigenvalue weighted by Crippen LogP contribution is -2.33. The summed E-state index contributed by atoms with van der Waals surface area (Å²) in [6.45, 7) is -0.502. The Balaban J connectivity index is 1.77. The molecular weight excluding hydrogens is 408 g/mol. The van der Waals surface area contributed by atoms with Crippen LogP contribution in [0.5, 0.6) is 23.0 Å². The summed E-state index contributed by atoms with van der Waals surface area (Å²) in [7, 11) is 3.13. The molecular formula is C23H27F2NO5. The number of methoxy groups -OCH3 is 2. The van der Waals surface area contributed by atoms with E-state index < -0.39 is 6.61 Å². The van der Waals surface area contributed by atoms with Crippen LogP contribution in [-0.2, 0) is 17.8 Å². The first-order valence-corrected chi connectivity index (χ1v) is 10.2. The van der Waals surface area contributed by atoms with Gasteiger partial charge in [-0.1, -0.05) is 12.1 Å². The van der Waals surface area contributed by atoms with Crippen molar-refractivity contribution in [1.82, 2.24) is 4.90 Å². The normalized spacial score (nSPS) is 13.1. The maximum Gasteiger partial charge on any atom is 0.387 e. The number of carbonyl (C=O) groups is 1. The summed E-state index contributed by atoms with van der Waals surface area (Å²) in [5, 5.41) is 0. The van der Waals surface area contributed by atoms with Crippen LogP contribution < -0.4 is 18.9 Å². The molecule has 0 atom stereocenters. The molecule has 8 heteroatoms. The van der Waals surface area contributed by atoms with Crippen molar-refractivity contribution < 1.29 is 32.5 Å². The second kappa shape index (κ2) is 10.3. The highest BCUT2D eigenvalue weighted by Crippen LogP contribution is 2.34. The zero-order valence-electron chi connectivity index (χ0n) is 17.9. The number of alkyl halides is 2. The van der Waals surface area contributed by atoms with E-state index in [2.05, 4.69) is 4.74 Å². The van der Waals surface area contributed by atoms with Gasteiger partial charge < -0.3 is 23.8 Å². The largest absolute Gasteiger partial charge is 0.497 e. The van der Waals surface area contributed by atoms with Crippen molar-refractivity contribution in [3.05, 3.63) is 47.5 Å². The maximum atomic E-state index is 13.1. The van der Waals surface area contributed by atoms with E-state index in [9.17, 15) is 13.6 Å². The predicted octanol–water partition coefficient (Wildman–Crippen LogP) is 4.44. The Labute approximate surface area is 180 Å². The summed E-state index contributed by atoms with van der Waals surface area (Å²) in [5.41, 5.74) is 1.56. The lowest BCUT2D eigenvalue weighted by molar-refractivity contribution is -0.131. The van der Waals surface area contributed by atoms with E-state index in [0.29, 0.717) is 24.7 Å². The van der Waals surface area contributed by atoms with Crippen LogP contribution in [0.4, 0.5) is 8.78 Å². The number of halogens is 2. The molecule has 6 nitrogen and oxygen atoms in total. The van der Waals surface area contributed by atoms with Gasteiger partial charge in [0.25, 0.3) is 0 Å². The Morgan fingerprint density at radius 2 is 1.84 bits per heavy atom. The van der Waals surface area contributed by atoms with Crippen molar-refractivity contribution in [3.63, 3.8) is 0 Å². The summed E-state index contributed by atoms with van der Waals surface area (Å²) < 4.78 is 45.9. The number of benzene rings is 2. The van der Waals surface area contributed by atoms with Gasteiger partial charge in [0.05, 0.1) is 27.2 Å². The third kappa shape index (κ3) is 5.99. The van der Waals surface area contributed by atoms with Crippen LogP contribution in [0.3, 0.4) is 0 Å². The minimum Gasteiger partial charge on any atom is -0.497 e. The van der Waals surface area contributed by atoms with Gasteiger partial charge in [-0.2, -0.15) is 8.78 Å². The van der Waals surface area contributed by atoms with Gasteiger partial charge in [-0.15, -0.1) is 0 Å². The van der Waals surface area contributed by atoms with Gasteiger partial charge in [-0.25, -0.2) is 0 Å². The van der Waals surface area contributed by atoms with E-state index in [1.807, 2.05) is 11.0 Å². The van der Waals surface area contributed by atoms with Gasteiger partial charge in [0.1, 0.15) is 11.5 Å². The maximum absolute atomic E-state index is 13.1. The van der Waals surface area contributed by atoms with Crippen molar-refractivity contribution in [2.45, 2.75) is 45.4 Å². The molecule has 1 amide bonds. The smallest absolute Gasteiger partial charge is 0.387 e. The standard InChI is InChI=1S/C23H27F2NO5/c1-4-30-21-11-15(5-10-19(21)31-23(24)25)14-26(17-7-8-17)22(27)12-16-6-9-18(28-2)13-20(16)29-3/h5-6,9-11,13,17,23H,4,7-8,12,14H2,1-3H3. The number of carbonyl (C=O) groups excluding carboxylic acids is 1. The quantitative estimate of drug-likeness (QED) is 0.522. The molecule has 31 heavy (non-hydrogen) atoms. The molecule has 2 aromatic rings. The molecule has 0 aliphatic heterocycles. The minimum atomic E-state index is -2.94. The molecule has 0 N–H and O–H groups in total. The molecule has 1 fully saturated rings. The van der Waals surface area contributed by atoms with Crippen LogP contribution in [0, 0.1) is 0 Å². The van der Waals surface area contributed by atoms with Crippen molar-refractivity contribution in [1.29, 1.82) is 0 Å². The first kappa shape index (κ1) is 22.7. The second-order valence-corrected chi connectivity index (χ2v) is 7.20. The molecule has 1 saturated carbocycles. The van der Waals surface area contributed by atoms with Crippen LogP contribution in [0.2, 0.25) is 0 Å². The van der Waals surface area contributed by atoms with Crippen molar-refractivity contribution in [3.8, 4) is 23.0 Å². The van der Waals surface area contributed by atoms with Crippen LogP contribution in [-0.4, -0.2) is 44.3 Å². The van der Waals surface area contributed by atoms with E-state index in [-0.39, 0.29) is 29.9 Å². The summed E-state index contributed by atoms with van der Waals surface area (Å²) in [4.78, 5) is 14.9. The van der Waals surface area contributed by atoms with Crippen LogP contribution in [0.1, 0.15) is 30.9 Å². The molecule has 0 radical (unpaired) electrons. The fourth-order valence-electron chi connectivity index (χ4n) is 3.38. The predicted molar refractivity (Wildman–Crippen MR) is 111 cm³/mol. The van der Waals surface area contributed by atoms with Gasteiger partial charge in [-0.3, -0.25) is 4.79 Å². The molecule has 168 valence electrons. The molecule has 3 rings (SSSR count). The zero-order valence-corrected chi connectivity index (χ0v) is 17.9. The summed E-state index contributed by atoms with van der Waals surface area (Å²) in [6.07, 6.45) is 2.07. The summed E-state index contributed by atoms with van der Waals surface area (Å²) in [6, 6.07) is 10.3. The first-order chi connectivity index (χ1) is 14.9. The van der Waals surface area contributed by atoms with Gasteiger partial charge in [0, 0.05) is 24.2 Å². The van der Waals surface area contributed by atoms with E-state index in [0.717, 1.165) is 24.0 Å². The topological polar surface area (TPSA) is 57.2 Å². The van der Waals surface area contributed by atoms with Crippen molar-refractivity contribution in [2.75, 3.05) is 20.8 Å². The monoisotopic (exact) mass is 435 g/mol. The fraction of sp³-hybridized carbons (Fsp3) is 0.435. The number of hydrogen-bond acceptors (Lipinski definition) is 5. The lowest BCUT2D eigenvalue weighted by Gasteiger charge is -2.24. The van der Waals surface area contributed by atoms with Crippen LogP contribution in [0.15, 0.2) is 36.4 Å². The number of rotatable bonds is 11. The molecule has 0 spiro atoms. The number of ether oxygens (including phenoxy) is 4. The van der Waals surface area contributed by atoms with Gasteiger partial charge >= 0.3 is 6.61 Å². The van der Waals surface area contributed by atoms with Gasteiger partial charge in [0.2, 0.25) is 5.91 Å². The Bertz CT molecular complexity index is 902. The number of nitrogens with zero attached hydrogens (tertiary/aromatic N) is 1. The molecule has 0 saturated heterocycles. The number of hydrogen-bond donors (Lipinski definition) is 0. The first-order valence-electron chi connectivity index (χ1n) is 10.2. The average molecular weight is 435 g/mol. The highest BCUT2D eigenvalue weighted by atomic mass is 19.3. The summed E-state index contributed by atoms with van der Waals surface area (Å²) >= 11 is 0. The lowest BCUT2D eigenvalue weighted by atomic mass is 10.1. The highest BCUT2D eigenvalue weighted by Gasteiger charge is 2.33. The SMILES string of the molecule is CCOc1cc(CN(C(=O)Cc2ccc(OC)cc2OC)C2CC2)ccc1OC(F)F. The average Bonchev–Trinajstić information content (AvgIpc) is 3.59. The molecule has 1 aliphatic rings. The Hall–Kier alpha value is -3.03. The molecule has 2 aromatic carbocycles.